The van der Waals surface area contributed by atoms with Gasteiger partial charge in [-0.25, -0.2) is 9.97 Å². The molecule has 5 rings (SSSR count). The van der Waals surface area contributed by atoms with Crippen LogP contribution < -0.4 is 10.6 Å². The third-order valence-electron chi connectivity index (χ3n) is 5.45. The van der Waals surface area contributed by atoms with E-state index in [-0.39, 0.29) is 0 Å². The van der Waals surface area contributed by atoms with Crippen molar-refractivity contribution in [3.8, 4) is 11.3 Å². The minimum Gasteiger partial charge on any atom is -0.328 e. The van der Waals surface area contributed by atoms with Gasteiger partial charge in [0.1, 0.15) is 5.00 Å². The van der Waals surface area contributed by atoms with Crippen molar-refractivity contribution in [2.24, 2.45) is 7.05 Å². The van der Waals surface area contributed by atoms with Crippen LogP contribution in [0.1, 0.15) is 35.8 Å². The summed E-state index contributed by atoms with van der Waals surface area (Å²) in [6, 6.07) is 2.04. The Kier molecular flexibility index (Phi) is 5.46. The summed E-state index contributed by atoms with van der Waals surface area (Å²) in [5.74, 6) is 1.17. The average Bonchev–Trinajstić information content (AvgIpc) is 3.48. The van der Waals surface area contributed by atoms with Gasteiger partial charge < -0.3 is 10.6 Å². The summed E-state index contributed by atoms with van der Waals surface area (Å²) >= 11 is 3.89. The van der Waals surface area contributed by atoms with E-state index in [1.54, 1.807) is 0 Å². The Morgan fingerprint density at radius 2 is 2.27 bits per heavy atom. The van der Waals surface area contributed by atoms with E-state index < -0.39 is 0 Å². The molecule has 4 aromatic heterocycles. The average molecular weight is 534 g/mol. The van der Waals surface area contributed by atoms with Crippen LogP contribution in [0.4, 0.5) is 10.8 Å². The number of fused-ring (bicyclic) bond motifs is 1. The smallest absolute Gasteiger partial charge is 0.181 e. The Hall–Kier alpha value is -2.05. The summed E-state index contributed by atoms with van der Waals surface area (Å²) in [6.45, 7) is 4.03. The highest BCUT2D eigenvalue weighted by atomic mass is 127. The molecule has 0 bridgehead atoms. The zero-order valence-corrected chi connectivity index (χ0v) is 19.9. The van der Waals surface area contributed by atoms with Crippen molar-refractivity contribution in [3.05, 3.63) is 41.7 Å². The highest BCUT2D eigenvalue weighted by molar-refractivity contribution is 14.1. The summed E-state index contributed by atoms with van der Waals surface area (Å²) in [7, 11) is 1.94. The lowest BCUT2D eigenvalue weighted by Gasteiger charge is -2.25. The highest BCUT2D eigenvalue weighted by Crippen LogP contribution is 2.34. The van der Waals surface area contributed by atoms with Crippen LogP contribution in [0.25, 0.3) is 16.9 Å². The third kappa shape index (κ3) is 3.60. The van der Waals surface area contributed by atoms with E-state index in [2.05, 4.69) is 47.1 Å². The van der Waals surface area contributed by atoms with Crippen molar-refractivity contribution < 1.29 is 0 Å². The number of alkyl halides is 1. The summed E-state index contributed by atoms with van der Waals surface area (Å²) < 4.78 is 9.34. The first-order chi connectivity index (χ1) is 14.6. The van der Waals surface area contributed by atoms with Crippen LogP contribution >= 0.6 is 34.1 Å². The van der Waals surface area contributed by atoms with E-state index in [0.717, 1.165) is 63.0 Å². The first-order valence-corrected chi connectivity index (χ1v) is 12.3. The largest absolute Gasteiger partial charge is 0.328 e. The number of imidazole rings is 1. The maximum absolute atomic E-state index is 5.13. The van der Waals surface area contributed by atoms with Gasteiger partial charge in [0.2, 0.25) is 0 Å². The molecule has 0 spiro atoms. The molecule has 10 heteroatoms. The second-order valence-electron chi connectivity index (χ2n) is 7.63. The predicted octanol–water partition coefficient (Wildman–Crippen LogP) is 4.04. The van der Waals surface area contributed by atoms with Gasteiger partial charge in [0.25, 0.3) is 0 Å². The van der Waals surface area contributed by atoms with Crippen LogP contribution in [0, 0.1) is 6.92 Å². The lowest BCUT2D eigenvalue weighted by atomic mass is 9.94. The Balaban J connectivity index is 1.72. The number of piperidine rings is 1. The molecular formula is C20H23IN8S. The third-order valence-corrected chi connectivity index (χ3v) is 6.97. The number of anilines is 2. The molecule has 1 aliphatic rings. The van der Waals surface area contributed by atoms with Gasteiger partial charge in [-0.1, -0.05) is 22.6 Å². The molecule has 156 valence electrons. The van der Waals surface area contributed by atoms with Gasteiger partial charge in [-0.3, -0.25) is 9.08 Å². The molecule has 1 atom stereocenters. The Labute approximate surface area is 192 Å². The molecule has 0 saturated carbocycles. The molecule has 2 N–H and O–H groups in total. The molecule has 5 heterocycles. The van der Waals surface area contributed by atoms with E-state index in [1.807, 2.05) is 43.3 Å². The van der Waals surface area contributed by atoms with Crippen molar-refractivity contribution in [1.29, 1.82) is 0 Å². The number of halogens is 1. The van der Waals surface area contributed by atoms with E-state index in [4.69, 9.17) is 9.97 Å². The van der Waals surface area contributed by atoms with Crippen LogP contribution in [0.3, 0.4) is 0 Å². The quantitative estimate of drug-likeness (QED) is 0.297. The highest BCUT2D eigenvalue weighted by Gasteiger charge is 2.25. The minimum atomic E-state index is 0.390. The number of aromatic nitrogens is 6. The molecule has 1 unspecified atom stereocenters. The number of rotatable bonds is 5. The van der Waals surface area contributed by atoms with Crippen molar-refractivity contribution in [2.45, 2.75) is 30.1 Å². The molecule has 1 fully saturated rings. The molecule has 0 aromatic carbocycles. The SMILES string of the molecule is Cc1cc(Nc2nc(C3CCCNC3)c(CI)n3c(-c4cnn(C)c4)cnc23)sn1. The van der Waals surface area contributed by atoms with Crippen LogP contribution in [-0.4, -0.2) is 41.6 Å². The number of nitrogens with zero attached hydrogens (tertiary/aromatic N) is 6. The van der Waals surface area contributed by atoms with Crippen molar-refractivity contribution in [2.75, 3.05) is 18.4 Å². The minimum absolute atomic E-state index is 0.390. The van der Waals surface area contributed by atoms with Gasteiger partial charge >= 0.3 is 0 Å². The van der Waals surface area contributed by atoms with Crippen LogP contribution in [0.5, 0.6) is 0 Å². The molecule has 30 heavy (non-hydrogen) atoms. The van der Waals surface area contributed by atoms with Gasteiger partial charge in [-0.15, -0.1) is 0 Å². The van der Waals surface area contributed by atoms with Gasteiger partial charge in [-0.05, 0) is 43.9 Å². The molecule has 0 radical (unpaired) electrons. The lowest BCUT2D eigenvalue weighted by Crippen LogP contribution is -2.30. The standard InChI is InChI=1S/C20H23IN8S/c1-12-6-17(30-27-12)25-19-20-23-10-16(14-9-24-28(2)11-14)29(20)15(7-21)18(26-19)13-4-3-5-22-8-13/h6,9-11,13,22H,3-5,7-8H2,1-2H3,(H,25,26). The van der Waals surface area contributed by atoms with Gasteiger partial charge in [0.05, 0.1) is 35.2 Å². The molecule has 4 aromatic rings. The maximum atomic E-state index is 5.13. The zero-order valence-electron chi connectivity index (χ0n) is 16.9. The van der Waals surface area contributed by atoms with E-state index >= 15 is 0 Å². The number of nitrogens with one attached hydrogen (secondary N) is 2. The van der Waals surface area contributed by atoms with Gasteiger partial charge in [0, 0.05) is 35.7 Å². The van der Waals surface area contributed by atoms with E-state index in [9.17, 15) is 0 Å². The summed E-state index contributed by atoms with van der Waals surface area (Å²) in [4.78, 5) is 9.90. The van der Waals surface area contributed by atoms with Crippen molar-refractivity contribution in [3.63, 3.8) is 0 Å². The lowest BCUT2D eigenvalue weighted by molar-refractivity contribution is 0.452. The summed E-state index contributed by atoms with van der Waals surface area (Å²) in [5, 5.41) is 12.4. The Morgan fingerprint density at radius 1 is 1.37 bits per heavy atom. The van der Waals surface area contributed by atoms with Gasteiger partial charge in [0.15, 0.2) is 11.5 Å². The first kappa shape index (κ1) is 19.9. The molecule has 0 aliphatic carbocycles. The zero-order chi connectivity index (χ0) is 20.7. The normalized spacial score (nSPS) is 17.0. The molecule has 0 amide bonds. The van der Waals surface area contributed by atoms with E-state index in [0.29, 0.717) is 5.92 Å². The summed E-state index contributed by atoms with van der Waals surface area (Å²) in [5.41, 5.74) is 6.28. The van der Waals surface area contributed by atoms with Gasteiger partial charge in [-0.2, -0.15) is 9.47 Å². The number of hydrogen-bond acceptors (Lipinski definition) is 7. The predicted molar refractivity (Wildman–Crippen MR) is 128 cm³/mol. The second-order valence-corrected chi connectivity index (χ2v) is 9.20. The summed E-state index contributed by atoms with van der Waals surface area (Å²) in [6.07, 6.45) is 8.16. The molecule has 1 saturated heterocycles. The topological polar surface area (TPSA) is 85.0 Å². The Bertz CT molecular complexity index is 1190. The van der Waals surface area contributed by atoms with Crippen LogP contribution in [0.15, 0.2) is 24.7 Å². The molecule has 8 nitrogen and oxygen atoms in total. The number of hydrogen-bond donors (Lipinski definition) is 2. The first-order valence-electron chi connectivity index (χ1n) is 10.0. The van der Waals surface area contributed by atoms with Crippen molar-refractivity contribution in [1.82, 2.24) is 33.8 Å². The monoisotopic (exact) mass is 534 g/mol. The number of aryl methyl sites for hydroxylation is 2. The fourth-order valence-electron chi connectivity index (χ4n) is 4.06. The van der Waals surface area contributed by atoms with Crippen molar-refractivity contribution >= 4 is 50.6 Å². The van der Waals surface area contributed by atoms with Crippen LogP contribution in [-0.2, 0) is 11.5 Å². The fraction of sp³-hybridized carbons (Fsp3) is 0.400. The van der Waals surface area contributed by atoms with Crippen LogP contribution in [0.2, 0.25) is 0 Å². The fourth-order valence-corrected chi connectivity index (χ4v) is 5.45. The Morgan fingerprint density at radius 3 is 2.93 bits per heavy atom. The molecule has 1 aliphatic heterocycles. The maximum Gasteiger partial charge on any atom is 0.181 e. The molecular weight excluding hydrogens is 511 g/mol. The second kappa shape index (κ2) is 8.23. The van der Waals surface area contributed by atoms with E-state index in [1.165, 1.54) is 23.6 Å².